The van der Waals surface area contributed by atoms with E-state index in [2.05, 4.69) is 15.7 Å². The molecule has 1 aliphatic rings. The second-order valence-corrected chi connectivity index (χ2v) is 4.98. The summed E-state index contributed by atoms with van der Waals surface area (Å²) in [5.74, 6) is -0.930. The summed E-state index contributed by atoms with van der Waals surface area (Å²) < 4.78 is 1.98. The zero-order valence-corrected chi connectivity index (χ0v) is 11.3. The number of hydrogen-bond acceptors (Lipinski definition) is 3. The minimum absolute atomic E-state index is 0.0796. The molecule has 0 bridgehead atoms. The van der Waals surface area contributed by atoms with Crippen LogP contribution in [0.1, 0.15) is 43.8 Å². The SMILES string of the molecule is O=C(O)CCNC(=O)NCc1ccn(C2CCCC2)n1. The lowest BCUT2D eigenvalue weighted by Crippen LogP contribution is -2.36. The van der Waals surface area contributed by atoms with E-state index >= 15 is 0 Å². The van der Waals surface area contributed by atoms with Crippen molar-refractivity contribution in [2.75, 3.05) is 6.54 Å². The minimum atomic E-state index is -0.930. The van der Waals surface area contributed by atoms with E-state index in [1.807, 2.05) is 16.9 Å². The van der Waals surface area contributed by atoms with Crippen molar-refractivity contribution in [2.45, 2.75) is 44.7 Å². The van der Waals surface area contributed by atoms with Crippen molar-refractivity contribution in [3.8, 4) is 0 Å². The third-order valence-electron chi connectivity index (χ3n) is 3.42. The van der Waals surface area contributed by atoms with Gasteiger partial charge >= 0.3 is 12.0 Å². The monoisotopic (exact) mass is 280 g/mol. The van der Waals surface area contributed by atoms with Crippen molar-refractivity contribution >= 4 is 12.0 Å². The number of carboxylic acid groups (broad SMARTS) is 1. The number of carboxylic acids is 1. The van der Waals surface area contributed by atoms with E-state index in [9.17, 15) is 9.59 Å². The molecule has 1 heterocycles. The van der Waals surface area contributed by atoms with Gasteiger partial charge < -0.3 is 15.7 Å². The van der Waals surface area contributed by atoms with Gasteiger partial charge in [0.2, 0.25) is 0 Å². The van der Waals surface area contributed by atoms with Gasteiger partial charge in [0.15, 0.2) is 0 Å². The molecule has 7 nitrogen and oxygen atoms in total. The van der Waals surface area contributed by atoms with Crippen LogP contribution in [0.25, 0.3) is 0 Å². The van der Waals surface area contributed by atoms with Crippen molar-refractivity contribution in [1.29, 1.82) is 0 Å². The molecule has 0 aliphatic heterocycles. The Morgan fingerprint density at radius 1 is 1.35 bits per heavy atom. The standard InChI is InChI=1S/C13H20N4O3/c18-12(19)5-7-14-13(20)15-9-10-6-8-17(16-10)11-3-1-2-4-11/h6,8,11H,1-5,7,9H2,(H,18,19)(H2,14,15,20). The van der Waals surface area contributed by atoms with Crippen LogP contribution < -0.4 is 10.6 Å². The fourth-order valence-corrected chi connectivity index (χ4v) is 2.36. The molecule has 0 saturated heterocycles. The first-order chi connectivity index (χ1) is 9.65. The van der Waals surface area contributed by atoms with E-state index < -0.39 is 5.97 Å². The Morgan fingerprint density at radius 2 is 2.10 bits per heavy atom. The number of amides is 2. The molecule has 0 spiro atoms. The average molecular weight is 280 g/mol. The van der Waals surface area contributed by atoms with Crippen LogP contribution in [-0.2, 0) is 11.3 Å². The Kier molecular flexibility index (Phi) is 4.97. The maximum atomic E-state index is 11.4. The molecule has 7 heteroatoms. The van der Waals surface area contributed by atoms with E-state index in [1.54, 1.807) is 0 Å². The molecule has 2 amide bonds. The molecule has 1 aromatic rings. The number of hydrogen-bond donors (Lipinski definition) is 3. The number of nitrogens with one attached hydrogen (secondary N) is 2. The van der Waals surface area contributed by atoms with E-state index in [0.29, 0.717) is 12.6 Å². The second kappa shape index (κ2) is 6.93. The highest BCUT2D eigenvalue weighted by Crippen LogP contribution is 2.28. The van der Waals surface area contributed by atoms with Crippen LogP contribution in [0.3, 0.4) is 0 Å². The highest BCUT2D eigenvalue weighted by molar-refractivity contribution is 5.74. The third-order valence-corrected chi connectivity index (χ3v) is 3.42. The molecular formula is C13H20N4O3. The van der Waals surface area contributed by atoms with Gasteiger partial charge in [-0.25, -0.2) is 4.79 Å². The predicted octanol–water partition coefficient (Wildman–Crippen LogP) is 1.27. The normalized spacial score (nSPS) is 15.2. The number of aromatic nitrogens is 2. The number of carbonyl (C=O) groups excluding carboxylic acids is 1. The molecule has 0 atom stereocenters. The van der Waals surface area contributed by atoms with Crippen LogP contribution in [0.5, 0.6) is 0 Å². The van der Waals surface area contributed by atoms with Gasteiger partial charge in [-0.3, -0.25) is 9.48 Å². The molecule has 110 valence electrons. The average Bonchev–Trinajstić information content (AvgIpc) is 3.06. The highest BCUT2D eigenvalue weighted by atomic mass is 16.4. The van der Waals surface area contributed by atoms with E-state index in [-0.39, 0.29) is 19.0 Å². The molecule has 1 saturated carbocycles. The number of carbonyl (C=O) groups is 2. The van der Waals surface area contributed by atoms with Gasteiger partial charge in [-0.1, -0.05) is 12.8 Å². The summed E-state index contributed by atoms with van der Waals surface area (Å²) in [5.41, 5.74) is 0.810. The van der Waals surface area contributed by atoms with Crippen molar-refractivity contribution in [3.63, 3.8) is 0 Å². The molecule has 1 fully saturated rings. The van der Waals surface area contributed by atoms with Crippen molar-refractivity contribution in [3.05, 3.63) is 18.0 Å². The van der Waals surface area contributed by atoms with Gasteiger partial charge in [0.05, 0.1) is 24.7 Å². The summed E-state index contributed by atoms with van der Waals surface area (Å²) in [6.45, 7) is 0.469. The zero-order valence-electron chi connectivity index (χ0n) is 11.3. The van der Waals surface area contributed by atoms with Crippen molar-refractivity contribution in [2.24, 2.45) is 0 Å². The van der Waals surface area contributed by atoms with Crippen LogP contribution in [0.15, 0.2) is 12.3 Å². The molecule has 3 N–H and O–H groups in total. The minimum Gasteiger partial charge on any atom is -0.481 e. The molecule has 20 heavy (non-hydrogen) atoms. The molecular weight excluding hydrogens is 260 g/mol. The highest BCUT2D eigenvalue weighted by Gasteiger charge is 2.17. The second-order valence-electron chi connectivity index (χ2n) is 4.98. The Hall–Kier alpha value is -2.05. The molecule has 1 aliphatic carbocycles. The fraction of sp³-hybridized carbons (Fsp3) is 0.615. The van der Waals surface area contributed by atoms with Gasteiger partial charge in [-0.2, -0.15) is 5.10 Å². The van der Waals surface area contributed by atoms with Crippen LogP contribution in [0.4, 0.5) is 4.79 Å². The summed E-state index contributed by atoms with van der Waals surface area (Å²) in [6, 6.07) is 2.02. The predicted molar refractivity (Wildman–Crippen MR) is 72.2 cm³/mol. The first kappa shape index (κ1) is 14.4. The smallest absolute Gasteiger partial charge is 0.315 e. The number of rotatable bonds is 6. The van der Waals surface area contributed by atoms with Gasteiger partial charge in [-0.05, 0) is 18.9 Å². The van der Waals surface area contributed by atoms with Crippen LogP contribution >= 0.6 is 0 Å². The summed E-state index contributed by atoms with van der Waals surface area (Å²) in [6.07, 6.45) is 6.72. The Bertz CT molecular complexity index is 466. The van der Waals surface area contributed by atoms with Crippen molar-refractivity contribution < 1.29 is 14.7 Å². The van der Waals surface area contributed by atoms with Gasteiger partial charge in [0.25, 0.3) is 0 Å². The van der Waals surface area contributed by atoms with Crippen molar-refractivity contribution in [1.82, 2.24) is 20.4 Å². The largest absolute Gasteiger partial charge is 0.481 e. The Balaban J connectivity index is 1.71. The van der Waals surface area contributed by atoms with Crippen LogP contribution in [0.2, 0.25) is 0 Å². The summed E-state index contributed by atoms with van der Waals surface area (Å²) >= 11 is 0. The number of urea groups is 1. The first-order valence-corrected chi connectivity index (χ1v) is 6.92. The summed E-state index contributed by atoms with van der Waals surface area (Å²) in [5, 5.41) is 18.0. The first-order valence-electron chi connectivity index (χ1n) is 6.92. The lowest BCUT2D eigenvalue weighted by atomic mass is 10.3. The van der Waals surface area contributed by atoms with Crippen LogP contribution in [0, 0.1) is 0 Å². The van der Waals surface area contributed by atoms with E-state index in [1.165, 1.54) is 25.7 Å². The molecule has 1 aromatic heterocycles. The lowest BCUT2D eigenvalue weighted by molar-refractivity contribution is -0.136. The molecule has 0 unspecified atom stereocenters. The third kappa shape index (κ3) is 4.25. The topological polar surface area (TPSA) is 96.3 Å². The van der Waals surface area contributed by atoms with Gasteiger partial charge in [0, 0.05) is 12.7 Å². The molecule has 0 radical (unpaired) electrons. The Morgan fingerprint density at radius 3 is 2.80 bits per heavy atom. The number of nitrogens with zero attached hydrogens (tertiary/aromatic N) is 2. The van der Waals surface area contributed by atoms with Crippen LogP contribution in [-0.4, -0.2) is 33.4 Å². The zero-order chi connectivity index (χ0) is 14.4. The summed E-state index contributed by atoms with van der Waals surface area (Å²) in [7, 11) is 0. The van der Waals surface area contributed by atoms with Gasteiger partial charge in [0.1, 0.15) is 0 Å². The Labute approximate surface area is 117 Å². The maximum absolute atomic E-state index is 11.4. The lowest BCUT2D eigenvalue weighted by Gasteiger charge is -2.09. The maximum Gasteiger partial charge on any atom is 0.315 e. The quantitative estimate of drug-likeness (QED) is 0.731. The fourth-order valence-electron chi connectivity index (χ4n) is 2.36. The summed E-state index contributed by atoms with van der Waals surface area (Å²) in [4.78, 5) is 21.7. The van der Waals surface area contributed by atoms with Gasteiger partial charge in [-0.15, -0.1) is 0 Å². The van der Waals surface area contributed by atoms with E-state index in [0.717, 1.165) is 5.69 Å². The molecule has 2 rings (SSSR count). The number of aliphatic carboxylic acids is 1. The molecule has 0 aromatic carbocycles. The van der Waals surface area contributed by atoms with E-state index in [4.69, 9.17) is 5.11 Å².